The molecule has 1 fully saturated rings. The summed E-state index contributed by atoms with van der Waals surface area (Å²) in [5, 5.41) is 20.0. The van der Waals surface area contributed by atoms with Gasteiger partial charge in [0.2, 0.25) is 0 Å². The van der Waals surface area contributed by atoms with Crippen molar-refractivity contribution >= 4 is 28.7 Å². The highest BCUT2D eigenvalue weighted by Crippen LogP contribution is 2.38. The Morgan fingerprint density at radius 2 is 1.91 bits per heavy atom. The number of fused-ring (bicyclic) bond motifs is 1. The Labute approximate surface area is 182 Å². The van der Waals surface area contributed by atoms with Gasteiger partial charge in [-0.2, -0.15) is 0 Å². The molecule has 1 aliphatic carbocycles. The minimum Gasteiger partial charge on any atom is -0.481 e. The van der Waals surface area contributed by atoms with E-state index in [0.717, 1.165) is 36.7 Å². The molecule has 3 N–H and O–H groups in total. The van der Waals surface area contributed by atoms with E-state index in [-0.39, 0.29) is 30.1 Å². The van der Waals surface area contributed by atoms with Crippen LogP contribution in [0.5, 0.6) is 0 Å². The van der Waals surface area contributed by atoms with E-state index in [0.29, 0.717) is 17.4 Å². The maximum Gasteiger partial charge on any atom is 0.320 e. The molecule has 2 aromatic carbocycles. The zero-order valence-electron chi connectivity index (χ0n) is 17.2. The minimum absolute atomic E-state index is 0.186. The van der Waals surface area contributed by atoms with E-state index in [4.69, 9.17) is 9.52 Å². The third-order valence-corrected chi connectivity index (χ3v) is 6.01. The lowest BCUT2D eigenvalue weighted by Crippen LogP contribution is -2.16. The molecule has 4 aromatic rings. The smallest absolute Gasteiger partial charge is 0.320 e. The predicted molar refractivity (Wildman–Crippen MR) is 116 cm³/mol. The SMILES string of the molecule is O=C(O)C[C@H]1CC[C@H](c2ccc3[nH]c(-c4nnc(Nc5ccc(F)cc5)o4)nc3c2)CC1. The first kappa shape index (κ1) is 20.2. The predicted octanol–water partition coefficient (Wildman–Crippen LogP) is 5.24. The zero-order chi connectivity index (χ0) is 22.1. The molecule has 0 unspecified atom stereocenters. The van der Waals surface area contributed by atoms with Crippen LogP contribution in [0.15, 0.2) is 46.9 Å². The highest BCUT2D eigenvalue weighted by atomic mass is 19.1. The average molecular weight is 435 g/mol. The van der Waals surface area contributed by atoms with Crippen molar-refractivity contribution in [1.82, 2.24) is 20.2 Å². The van der Waals surface area contributed by atoms with E-state index in [1.165, 1.54) is 17.7 Å². The number of aromatic amines is 1. The van der Waals surface area contributed by atoms with E-state index >= 15 is 0 Å². The molecule has 0 bridgehead atoms. The summed E-state index contributed by atoms with van der Waals surface area (Å²) in [6.07, 6.45) is 4.11. The van der Waals surface area contributed by atoms with Crippen molar-refractivity contribution in [2.45, 2.75) is 38.0 Å². The Hall–Kier alpha value is -3.75. The van der Waals surface area contributed by atoms with Crippen LogP contribution < -0.4 is 5.32 Å². The standard InChI is InChI=1S/C23H22FN5O3/c24-16-6-8-17(9-7-16)25-23-29-28-22(32-23)21-26-18-10-5-15(12-19(18)27-21)14-3-1-13(2-4-14)11-20(30)31/h5-10,12-14H,1-4,11H2,(H,25,29)(H,26,27)(H,30,31)/t13-,14-. The largest absolute Gasteiger partial charge is 0.481 e. The molecule has 0 saturated heterocycles. The van der Waals surface area contributed by atoms with Crippen molar-refractivity contribution in [2.75, 3.05) is 5.32 Å². The number of aromatic nitrogens is 4. The molecule has 32 heavy (non-hydrogen) atoms. The van der Waals surface area contributed by atoms with Gasteiger partial charge in [-0.15, -0.1) is 5.10 Å². The summed E-state index contributed by atoms with van der Waals surface area (Å²) < 4.78 is 18.7. The molecule has 1 aliphatic rings. The van der Waals surface area contributed by atoms with Gasteiger partial charge in [0.1, 0.15) is 5.82 Å². The molecule has 0 atom stereocenters. The van der Waals surface area contributed by atoms with Gasteiger partial charge in [0, 0.05) is 12.1 Å². The van der Waals surface area contributed by atoms with Crippen LogP contribution >= 0.6 is 0 Å². The minimum atomic E-state index is -0.712. The van der Waals surface area contributed by atoms with Gasteiger partial charge in [0.05, 0.1) is 11.0 Å². The first-order chi connectivity index (χ1) is 15.5. The van der Waals surface area contributed by atoms with Crippen LogP contribution in [0.3, 0.4) is 0 Å². The highest BCUT2D eigenvalue weighted by molar-refractivity contribution is 5.79. The number of nitrogens with zero attached hydrogens (tertiary/aromatic N) is 3. The fourth-order valence-electron chi connectivity index (χ4n) is 4.35. The lowest BCUT2D eigenvalue weighted by Gasteiger charge is -2.27. The number of hydrogen-bond donors (Lipinski definition) is 3. The number of rotatable bonds is 6. The number of carboxylic acids is 1. The van der Waals surface area contributed by atoms with Crippen molar-refractivity contribution in [1.29, 1.82) is 0 Å². The van der Waals surface area contributed by atoms with Crippen LogP contribution in [0, 0.1) is 11.7 Å². The van der Waals surface area contributed by atoms with Crippen molar-refractivity contribution in [3.8, 4) is 11.7 Å². The van der Waals surface area contributed by atoms with Crippen molar-refractivity contribution < 1.29 is 18.7 Å². The van der Waals surface area contributed by atoms with E-state index in [2.05, 4.69) is 37.6 Å². The Morgan fingerprint density at radius 1 is 1.12 bits per heavy atom. The molecule has 5 rings (SSSR count). The van der Waals surface area contributed by atoms with E-state index in [1.807, 2.05) is 6.07 Å². The van der Waals surface area contributed by atoms with Gasteiger partial charge >= 0.3 is 12.0 Å². The molecule has 0 aliphatic heterocycles. The molecule has 2 aromatic heterocycles. The van der Waals surface area contributed by atoms with E-state index in [9.17, 15) is 9.18 Å². The number of benzene rings is 2. The first-order valence-corrected chi connectivity index (χ1v) is 10.6. The fourth-order valence-corrected chi connectivity index (χ4v) is 4.35. The summed E-state index contributed by atoms with van der Waals surface area (Å²) in [5.41, 5.74) is 3.54. The number of H-pyrrole nitrogens is 1. The Balaban J connectivity index is 1.30. The number of carbonyl (C=O) groups is 1. The van der Waals surface area contributed by atoms with Crippen molar-refractivity contribution in [3.63, 3.8) is 0 Å². The van der Waals surface area contributed by atoms with Gasteiger partial charge in [-0.3, -0.25) is 4.79 Å². The monoisotopic (exact) mass is 435 g/mol. The van der Waals surface area contributed by atoms with Crippen LogP contribution in [0.2, 0.25) is 0 Å². The Kier molecular flexibility index (Phi) is 5.30. The summed E-state index contributed by atoms with van der Waals surface area (Å²) in [4.78, 5) is 18.8. The fraction of sp³-hybridized carbons (Fsp3) is 0.304. The normalized spacial score (nSPS) is 18.7. The second kappa shape index (κ2) is 8.41. The zero-order valence-corrected chi connectivity index (χ0v) is 17.2. The Morgan fingerprint density at radius 3 is 2.66 bits per heavy atom. The van der Waals surface area contributed by atoms with Gasteiger partial charge in [-0.25, -0.2) is 9.37 Å². The second-order valence-corrected chi connectivity index (χ2v) is 8.22. The van der Waals surface area contributed by atoms with Gasteiger partial charge in [-0.05, 0) is 79.5 Å². The molecular formula is C23H22FN5O3. The maximum absolute atomic E-state index is 13.0. The third-order valence-electron chi connectivity index (χ3n) is 6.01. The summed E-state index contributed by atoms with van der Waals surface area (Å²) in [5.74, 6) is 0.385. The molecule has 9 heteroatoms. The highest BCUT2D eigenvalue weighted by Gasteiger charge is 2.24. The quantitative estimate of drug-likeness (QED) is 0.379. The van der Waals surface area contributed by atoms with Crippen molar-refractivity contribution in [3.05, 3.63) is 53.8 Å². The van der Waals surface area contributed by atoms with Crippen LogP contribution in [-0.4, -0.2) is 31.2 Å². The molecule has 2 heterocycles. The van der Waals surface area contributed by atoms with Crippen LogP contribution in [0.25, 0.3) is 22.7 Å². The van der Waals surface area contributed by atoms with Gasteiger partial charge in [-0.1, -0.05) is 11.2 Å². The molecular weight excluding hydrogens is 413 g/mol. The second-order valence-electron chi connectivity index (χ2n) is 8.22. The van der Waals surface area contributed by atoms with Crippen LogP contribution in [0.1, 0.15) is 43.6 Å². The van der Waals surface area contributed by atoms with Gasteiger partial charge < -0.3 is 19.8 Å². The van der Waals surface area contributed by atoms with Gasteiger partial charge in [0.25, 0.3) is 5.89 Å². The molecule has 8 nitrogen and oxygen atoms in total. The van der Waals surface area contributed by atoms with E-state index < -0.39 is 5.97 Å². The van der Waals surface area contributed by atoms with E-state index in [1.54, 1.807) is 12.1 Å². The Bertz CT molecular complexity index is 1240. The first-order valence-electron chi connectivity index (χ1n) is 10.6. The number of halogens is 1. The summed E-state index contributed by atoms with van der Waals surface area (Å²) in [6.45, 7) is 0. The molecule has 164 valence electrons. The molecule has 1 saturated carbocycles. The molecule has 0 amide bonds. The van der Waals surface area contributed by atoms with Gasteiger partial charge in [0.15, 0.2) is 5.82 Å². The topological polar surface area (TPSA) is 117 Å². The average Bonchev–Trinajstić information content (AvgIpc) is 3.42. The lowest BCUT2D eigenvalue weighted by atomic mass is 9.77. The summed E-state index contributed by atoms with van der Waals surface area (Å²) in [7, 11) is 0. The van der Waals surface area contributed by atoms with Crippen molar-refractivity contribution in [2.24, 2.45) is 5.92 Å². The molecule has 0 radical (unpaired) electrons. The summed E-state index contributed by atoms with van der Waals surface area (Å²) >= 11 is 0. The number of hydrogen-bond acceptors (Lipinski definition) is 6. The molecule has 0 spiro atoms. The van der Waals surface area contributed by atoms with Crippen LogP contribution in [-0.2, 0) is 4.79 Å². The third kappa shape index (κ3) is 4.32. The lowest BCUT2D eigenvalue weighted by molar-refractivity contribution is -0.138. The number of carboxylic acid groups (broad SMARTS) is 1. The maximum atomic E-state index is 13.0. The number of nitrogens with one attached hydrogen (secondary N) is 2. The number of aliphatic carboxylic acids is 1. The summed E-state index contributed by atoms with van der Waals surface area (Å²) in [6, 6.07) is 12.2. The number of imidazole rings is 1. The van der Waals surface area contributed by atoms with Crippen LogP contribution in [0.4, 0.5) is 16.1 Å². The number of anilines is 2.